The average molecular weight is 389 g/mol. The summed E-state index contributed by atoms with van der Waals surface area (Å²) in [6, 6.07) is 10.7. The summed E-state index contributed by atoms with van der Waals surface area (Å²) >= 11 is 6.33. The number of hydrogen-bond acceptors (Lipinski definition) is 3. The zero-order valence-electron chi connectivity index (χ0n) is 13.3. The number of carbonyl (C=O) groups is 1. The van der Waals surface area contributed by atoms with E-state index in [4.69, 9.17) is 11.6 Å². The van der Waals surface area contributed by atoms with E-state index in [-0.39, 0.29) is 23.0 Å². The van der Waals surface area contributed by atoms with Gasteiger partial charge in [0, 0.05) is 22.0 Å². The summed E-state index contributed by atoms with van der Waals surface area (Å²) in [6.45, 7) is 0.102. The molecule has 0 aliphatic rings. The second kappa shape index (κ2) is 9.12. The Morgan fingerprint density at radius 3 is 2.64 bits per heavy atom. The van der Waals surface area contributed by atoms with Gasteiger partial charge in [-0.2, -0.15) is 8.78 Å². The van der Waals surface area contributed by atoms with Crippen LogP contribution >= 0.6 is 23.4 Å². The van der Waals surface area contributed by atoms with Gasteiger partial charge in [-0.3, -0.25) is 9.69 Å². The van der Waals surface area contributed by atoms with Gasteiger partial charge in [-0.1, -0.05) is 41.6 Å². The van der Waals surface area contributed by atoms with E-state index in [1.807, 2.05) is 0 Å². The molecule has 0 fully saturated rings. The number of anilines is 1. The molecule has 2 aromatic carbocycles. The van der Waals surface area contributed by atoms with Crippen LogP contribution in [-0.2, 0) is 11.3 Å². The lowest BCUT2D eigenvalue weighted by Gasteiger charge is -2.18. The minimum atomic E-state index is -2.58. The minimum Gasteiger partial charge on any atom is -0.324 e. The lowest BCUT2D eigenvalue weighted by molar-refractivity contribution is -0.117. The number of rotatable bonds is 7. The molecule has 0 aromatic heterocycles. The first-order valence-electron chi connectivity index (χ1n) is 7.32. The van der Waals surface area contributed by atoms with Crippen molar-refractivity contribution < 1.29 is 18.0 Å². The van der Waals surface area contributed by atoms with Crippen LogP contribution in [0.4, 0.5) is 18.9 Å². The molecule has 0 aliphatic carbocycles. The standard InChI is InChI=1S/C17H16ClF3N2OS/c1-23(9-11-12(18)5-4-6-13(11)19)10-16(24)22-14-7-2-3-8-15(14)25-17(20)21/h2-8,17H,9-10H2,1H3,(H,22,24). The second-order valence-corrected chi connectivity index (χ2v) is 6.73. The summed E-state index contributed by atoms with van der Waals surface area (Å²) in [6.07, 6.45) is 0. The number of nitrogens with zero attached hydrogens (tertiary/aromatic N) is 1. The molecule has 1 N–H and O–H groups in total. The van der Waals surface area contributed by atoms with Gasteiger partial charge in [0.25, 0.3) is 5.76 Å². The van der Waals surface area contributed by atoms with E-state index >= 15 is 0 Å². The maximum absolute atomic E-state index is 13.8. The van der Waals surface area contributed by atoms with Gasteiger partial charge < -0.3 is 5.32 Å². The van der Waals surface area contributed by atoms with Crippen molar-refractivity contribution in [2.75, 3.05) is 18.9 Å². The first kappa shape index (κ1) is 19.6. The topological polar surface area (TPSA) is 32.3 Å². The Labute approximate surface area is 153 Å². The smallest absolute Gasteiger partial charge is 0.288 e. The van der Waals surface area contributed by atoms with E-state index in [0.29, 0.717) is 23.0 Å². The number of benzene rings is 2. The molecule has 0 saturated heterocycles. The first-order chi connectivity index (χ1) is 11.9. The molecule has 2 aromatic rings. The third kappa shape index (κ3) is 5.95. The van der Waals surface area contributed by atoms with Crippen molar-refractivity contribution in [3.8, 4) is 0 Å². The zero-order chi connectivity index (χ0) is 18.4. The van der Waals surface area contributed by atoms with Gasteiger partial charge in [0.2, 0.25) is 5.91 Å². The molecule has 0 radical (unpaired) electrons. The summed E-state index contributed by atoms with van der Waals surface area (Å²) in [5.74, 6) is -3.42. The van der Waals surface area contributed by atoms with E-state index in [1.54, 1.807) is 36.2 Å². The number of para-hydroxylation sites is 1. The number of likely N-dealkylation sites (N-methyl/N-ethyl adjacent to an activating group) is 1. The summed E-state index contributed by atoms with van der Waals surface area (Å²) in [4.78, 5) is 14.0. The summed E-state index contributed by atoms with van der Waals surface area (Å²) in [7, 11) is 1.64. The number of amides is 1. The third-order valence-corrected chi connectivity index (χ3v) is 4.42. The number of nitrogens with one attached hydrogen (secondary N) is 1. The molecule has 0 bridgehead atoms. The fourth-order valence-electron chi connectivity index (χ4n) is 2.21. The Morgan fingerprint density at radius 2 is 1.96 bits per heavy atom. The van der Waals surface area contributed by atoms with Crippen LogP contribution in [0.15, 0.2) is 47.4 Å². The van der Waals surface area contributed by atoms with Gasteiger partial charge in [0.15, 0.2) is 0 Å². The van der Waals surface area contributed by atoms with Crippen LogP contribution in [0.3, 0.4) is 0 Å². The zero-order valence-corrected chi connectivity index (χ0v) is 14.9. The van der Waals surface area contributed by atoms with Crippen molar-refractivity contribution >= 4 is 35.0 Å². The maximum atomic E-state index is 13.8. The normalized spacial score (nSPS) is 11.2. The third-order valence-electron chi connectivity index (χ3n) is 3.28. The van der Waals surface area contributed by atoms with Gasteiger partial charge in [-0.25, -0.2) is 4.39 Å². The summed E-state index contributed by atoms with van der Waals surface area (Å²) < 4.78 is 38.9. The highest BCUT2D eigenvalue weighted by Crippen LogP contribution is 2.31. The molecular weight excluding hydrogens is 373 g/mol. The Kier molecular flexibility index (Phi) is 7.16. The highest BCUT2D eigenvalue weighted by molar-refractivity contribution is 7.99. The van der Waals surface area contributed by atoms with Gasteiger partial charge >= 0.3 is 0 Å². The van der Waals surface area contributed by atoms with Crippen molar-refractivity contribution in [3.63, 3.8) is 0 Å². The SMILES string of the molecule is CN(CC(=O)Nc1ccccc1SC(F)F)Cc1c(F)cccc1Cl. The molecule has 134 valence electrons. The first-order valence-corrected chi connectivity index (χ1v) is 8.57. The van der Waals surface area contributed by atoms with Crippen molar-refractivity contribution in [3.05, 3.63) is 58.9 Å². The van der Waals surface area contributed by atoms with Crippen LogP contribution in [0.2, 0.25) is 5.02 Å². The molecule has 25 heavy (non-hydrogen) atoms. The molecule has 1 amide bonds. The predicted octanol–water partition coefficient (Wildman–Crippen LogP) is 4.86. The fraction of sp³-hybridized carbons (Fsp3) is 0.235. The fourth-order valence-corrected chi connectivity index (χ4v) is 3.03. The van der Waals surface area contributed by atoms with E-state index in [1.165, 1.54) is 18.2 Å². The molecule has 0 aliphatic heterocycles. The monoisotopic (exact) mass is 388 g/mol. The number of halogens is 4. The highest BCUT2D eigenvalue weighted by Gasteiger charge is 2.15. The Bertz CT molecular complexity index is 725. The Morgan fingerprint density at radius 1 is 1.24 bits per heavy atom. The largest absolute Gasteiger partial charge is 0.324 e. The van der Waals surface area contributed by atoms with Gasteiger partial charge in [0.1, 0.15) is 5.82 Å². The van der Waals surface area contributed by atoms with Gasteiger partial charge in [-0.15, -0.1) is 0 Å². The van der Waals surface area contributed by atoms with Crippen LogP contribution in [0.25, 0.3) is 0 Å². The highest BCUT2D eigenvalue weighted by atomic mass is 35.5. The van der Waals surface area contributed by atoms with Crippen molar-refractivity contribution in [1.29, 1.82) is 0 Å². The maximum Gasteiger partial charge on any atom is 0.288 e. The van der Waals surface area contributed by atoms with E-state index < -0.39 is 17.5 Å². The molecule has 8 heteroatoms. The molecule has 0 spiro atoms. The molecule has 3 nitrogen and oxygen atoms in total. The molecule has 0 unspecified atom stereocenters. The quantitative estimate of drug-likeness (QED) is 0.687. The van der Waals surface area contributed by atoms with Crippen molar-refractivity contribution in [2.45, 2.75) is 17.2 Å². The van der Waals surface area contributed by atoms with E-state index in [0.717, 1.165) is 0 Å². The lowest BCUT2D eigenvalue weighted by atomic mass is 10.2. The van der Waals surface area contributed by atoms with E-state index in [9.17, 15) is 18.0 Å². The second-order valence-electron chi connectivity index (χ2n) is 5.30. The minimum absolute atomic E-state index is 0.0433. The molecular formula is C17H16ClF3N2OS. The molecule has 0 saturated carbocycles. The van der Waals surface area contributed by atoms with Crippen LogP contribution in [0.1, 0.15) is 5.56 Å². The van der Waals surface area contributed by atoms with Crippen molar-refractivity contribution in [2.24, 2.45) is 0 Å². The Balaban J connectivity index is 1.98. The van der Waals surface area contributed by atoms with Gasteiger partial charge in [-0.05, 0) is 31.3 Å². The Hall–Kier alpha value is -1.70. The predicted molar refractivity (Wildman–Crippen MR) is 94.7 cm³/mol. The van der Waals surface area contributed by atoms with Crippen molar-refractivity contribution in [1.82, 2.24) is 4.90 Å². The summed E-state index contributed by atoms with van der Waals surface area (Å²) in [5, 5.41) is 2.88. The molecule has 0 atom stereocenters. The number of alkyl halides is 2. The molecule has 0 heterocycles. The number of thioether (sulfide) groups is 1. The van der Waals surface area contributed by atoms with Crippen LogP contribution in [0, 0.1) is 5.82 Å². The van der Waals surface area contributed by atoms with Crippen LogP contribution in [0.5, 0.6) is 0 Å². The number of carbonyl (C=O) groups excluding carboxylic acids is 1. The van der Waals surface area contributed by atoms with Crippen LogP contribution < -0.4 is 5.32 Å². The van der Waals surface area contributed by atoms with Gasteiger partial charge in [0.05, 0.1) is 12.2 Å². The average Bonchev–Trinajstić information content (AvgIpc) is 2.52. The van der Waals surface area contributed by atoms with E-state index in [2.05, 4.69) is 5.32 Å². The molecule has 2 rings (SSSR count). The van der Waals surface area contributed by atoms with Crippen LogP contribution in [-0.4, -0.2) is 30.2 Å². The number of hydrogen-bond donors (Lipinski definition) is 1. The summed E-state index contributed by atoms with van der Waals surface area (Å²) in [5.41, 5.74) is 0.614. The lowest BCUT2D eigenvalue weighted by Crippen LogP contribution is -2.30.